The summed E-state index contributed by atoms with van der Waals surface area (Å²) in [5.74, 6) is 2.22. The van der Waals surface area contributed by atoms with Crippen molar-refractivity contribution in [3.05, 3.63) is 44.3 Å². The Kier molecular flexibility index (Phi) is 12.5. The molecule has 0 aliphatic carbocycles. The van der Waals surface area contributed by atoms with Crippen LogP contribution in [0.15, 0.2) is 38.3 Å². The molecule has 0 bridgehead atoms. The van der Waals surface area contributed by atoms with Crippen LogP contribution in [-0.4, -0.2) is 53.4 Å². The van der Waals surface area contributed by atoms with Crippen LogP contribution in [0.3, 0.4) is 0 Å². The maximum absolute atomic E-state index is 10.7. The summed E-state index contributed by atoms with van der Waals surface area (Å²) < 4.78 is 1.69. The van der Waals surface area contributed by atoms with Gasteiger partial charge in [0.2, 0.25) is 5.69 Å². The van der Waals surface area contributed by atoms with Crippen LogP contribution >= 0.6 is 47.8 Å². The summed E-state index contributed by atoms with van der Waals surface area (Å²) in [7, 11) is 3.21. The maximum atomic E-state index is 10.7. The summed E-state index contributed by atoms with van der Waals surface area (Å²) >= 11 is 10.4. The minimum Gasteiger partial charge on any atom is -0.395 e. The van der Waals surface area contributed by atoms with E-state index in [0.717, 1.165) is 5.56 Å². The normalized spacial score (nSPS) is 12.6. The molecule has 0 fully saturated rings. The van der Waals surface area contributed by atoms with E-state index in [1.165, 1.54) is 7.05 Å². The summed E-state index contributed by atoms with van der Waals surface area (Å²) in [4.78, 5) is 5.98. The van der Waals surface area contributed by atoms with Gasteiger partial charge in [0.1, 0.15) is 7.05 Å². The largest absolute Gasteiger partial charge is 0.395 e. The predicted octanol–water partition coefficient (Wildman–Crippen LogP) is 3.23. The summed E-state index contributed by atoms with van der Waals surface area (Å²) in [6, 6.07) is 0. The number of hydroxylamine groups is 2. The van der Waals surface area contributed by atoms with Crippen LogP contribution in [-0.2, 0) is 18.1 Å². The number of nitrogens with one attached hydrogen (secondary N) is 1. The Bertz CT molecular complexity index is 682. The molecule has 0 spiro atoms. The van der Waals surface area contributed by atoms with E-state index in [4.69, 9.17) is 10.0 Å². The van der Waals surface area contributed by atoms with E-state index in [2.05, 4.69) is 84.1 Å². The van der Waals surface area contributed by atoms with Gasteiger partial charge in [-0.05, 0) is 66.4 Å². The highest BCUT2D eigenvalue weighted by molar-refractivity contribution is 9.11. The van der Waals surface area contributed by atoms with Gasteiger partial charge in [-0.15, -0.1) is 23.8 Å². The van der Waals surface area contributed by atoms with E-state index in [-0.39, 0.29) is 13.2 Å². The Morgan fingerprint density at radius 2 is 1.74 bits per heavy atom. The van der Waals surface area contributed by atoms with Gasteiger partial charge in [0.25, 0.3) is 0 Å². The van der Waals surface area contributed by atoms with Crippen LogP contribution in [0.2, 0.25) is 0 Å². The second-order valence-electron chi connectivity index (χ2n) is 5.20. The van der Waals surface area contributed by atoms with Gasteiger partial charge in [0, 0.05) is 39.4 Å². The Morgan fingerprint density at radius 3 is 2.22 bits per heavy atom. The number of hydrazone groups is 1. The van der Waals surface area contributed by atoms with E-state index in [0.29, 0.717) is 37.8 Å². The third kappa shape index (κ3) is 7.06. The molecular weight excluding hydrogens is 552 g/mol. The number of hydrogen-bond acceptors (Lipinski definition) is 7. The number of aliphatic hydroxyl groups is 2. The van der Waals surface area contributed by atoms with Crippen LogP contribution in [0.4, 0.5) is 5.69 Å². The molecule has 0 radical (unpaired) electrons. The molecule has 11 heteroatoms. The van der Waals surface area contributed by atoms with Crippen LogP contribution in [0.25, 0.3) is 0 Å². The fraction of sp³-hybridized carbons (Fsp3) is 0.375. The molecule has 0 aliphatic rings. The van der Waals surface area contributed by atoms with Crippen molar-refractivity contribution in [2.45, 2.75) is 13.2 Å². The van der Waals surface area contributed by atoms with E-state index < -0.39 is 4.81 Å². The molecular formula is C16H24Br3N4O4+. The second kappa shape index (κ2) is 12.8. The molecule has 1 aromatic carbocycles. The van der Waals surface area contributed by atoms with Crippen LogP contribution in [0.1, 0.15) is 11.1 Å². The van der Waals surface area contributed by atoms with Gasteiger partial charge >= 0.3 is 0 Å². The first kappa shape index (κ1) is 26.4. The molecule has 0 saturated carbocycles. The summed E-state index contributed by atoms with van der Waals surface area (Å²) in [5, 5.41) is 33.0. The summed E-state index contributed by atoms with van der Waals surface area (Å²) in [6.07, 6.45) is 0. The lowest BCUT2D eigenvalue weighted by Crippen LogP contribution is -2.45. The fourth-order valence-electron chi connectivity index (χ4n) is 2.10. The lowest BCUT2D eigenvalue weighted by atomic mass is 10.1. The van der Waals surface area contributed by atoms with Crippen molar-refractivity contribution in [2.24, 2.45) is 5.10 Å². The SMILES string of the molecule is C=C.C=C=NNO[N+](C)(O)c1c(Br)c(CO)c(Br)c(CN(C)CCO)c1Br. The van der Waals surface area contributed by atoms with Crippen molar-refractivity contribution in [1.82, 2.24) is 15.3 Å². The van der Waals surface area contributed by atoms with E-state index in [9.17, 15) is 10.3 Å². The Morgan fingerprint density at radius 1 is 1.19 bits per heavy atom. The standard InChI is InChI=1S/C14H20Br3N4O4.C2H4/c1-4-18-19-25-21(3,24)14-12(16)9(7-20(2)5-6-22)11(15)10(8-23)13(14)17;1-2/h19,22-24H,1,5-8H2,2-3H3;1-2H2/q+1;. The summed E-state index contributed by atoms with van der Waals surface area (Å²) in [6.45, 7) is 9.95. The number of halogens is 3. The molecule has 1 unspecified atom stereocenters. The minimum atomic E-state index is -1.04. The van der Waals surface area contributed by atoms with Crippen molar-refractivity contribution in [3.8, 4) is 0 Å². The van der Waals surface area contributed by atoms with Crippen LogP contribution < -0.4 is 10.4 Å². The first-order valence-corrected chi connectivity index (χ1v) is 9.92. The van der Waals surface area contributed by atoms with Gasteiger partial charge in [-0.2, -0.15) is 5.21 Å². The van der Waals surface area contributed by atoms with Crippen molar-refractivity contribution in [3.63, 3.8) is 0 Å². The first-order chi connectivity index (χ1) is 12.7. The molecule has 8 nitrogen and oxygen atoms in total. The van der Waals surface area contributed by atoms with Gasteiger partial charge < -0.3 is 10.2 Å². The zero-order chi connectivity index (χ0) is 21.2. The van der Waals surface area contributed by atoms with Crippen molar-refractivity contribution >= 4 is 59.3 Å². The first-order valence-electron chi connectivity index (χ1n) is 7.54. The predicted molar refractivity (Wildman–Crippen MR) is 117 cm³/mol. The number of likely N-dealkylation sites (N-methyl/N-ethyl adjacent to an activating group) is 1. The van der Waals surface area contributed by atoms with Crippen LogP contribution in [0.5, 0.6) is 0 Å². The summed E-state index contributed by atoms with van der Waals surface area (Å²) in [5.41, 5.74) is 3.80. The quantitative estimate of drug-likeness (QED) is 0.156. The van der Waals surface area contributed by atoms with Crippen molar-refractivity contribution < 1.29 is 20.4 Å². The van der Waals surface area contributed by atoms with E-state index in [1.807, 2.05) is 11.9 Å². The fourth-order valence-corrected chi connectivity index (χ4v) is 5.24. The number of quaternary nitrogens is 1. The highest BCUT2D eigenvalue weighted by Crippen LogP contribution is 2.46. The minimum absolute atomic E-state index is 0.0162. The van der Waals surface area contributed by atoms with Crippen molar-refractivity contribution in [1.29, 1.82) is 0 Å². The number of nitrogens with zero attached hydrogens (tertiary/aromatic N) is 3. The molecule has 0 saturated heterocycles. The molecule has 0 amide bonds. The molecule has 0 aromatic heterocycles. The van der Waals surface area contributed by atoms with E-state index >= 15 is 0 Å². The van der Waals surface area contributed by atoms with Gasteiger partial charge in [-0.25, -0.2) is 0 Å². The molecule has 27 heavy (non-hydrogen) atoms. The second-order valence-corrected chi connectivity index (χ2v) is 7.58. The average molecular weight is 576 g/mol. The smallest absolute Gasteiger partial charge is 0.231 e. The third-order valence-corrected chi connectivity index (χ3v) is 5.97. The molecule has 1 aromatic rings. The number of rotatable bonds is 9. The number of hydrogen-bond donors (Lipinski definition) is 4. The Balaban J connectivity index is 0.00000326. The lowest BCUT2D eigenvalue weighted by Gasteiger charge is -2.26. The van der Waals surface area contributed by atoms with Gasteiger partial charge in [-0.3, -0.25) is 4.90 Å². The Labute approximate surface area is 184 Å². The lowest BCUT2D eigenvalue weighted by molar-refractivity contribution is -0.340. The van der Waals surface area contributed by atoms with Crippen molar-refractivity contribution in [2.75, 3.05) is 27.2 Å². The topological polar surface area (TPSA) is 97.6 Å². The molecule has 1 atom stereocenters. The highest BCUT2D eigenvalue weighted by Gasteiger charge is 2.36. The number of benzene rings is 1. The molecule has 1 rings (SSSR count). The third-order valence-electron chi connectivity index (χ3n) is 3.30. The molecule has 0 heterocycles. The zero-order valence-corrected chi connectivity index (χ0v) is 19.9. The van der Waals surface area contributed by atoms with Gasteiger partial charge in [0.05, 0.1) is 22.2 Å². The van der Waals surface area contributed by atoms with Crippen LogP contribution in [0, 0.1) is 0 Å². The maximum Gasteiger partial charge on any atom is 0.231 e. The highest BCUT2D eigenvalue weighted by atomic mass is 79.9. The zero-order valence-electron chi connectivity index (χ0n) is 15.2. The van der Waals surface area contributed by atoms with E-state index in [1.54, 1.807) is 0 Å². The molecule has 152 valence electrons. The van der Waals surface area contributed by atoms with Gasteiger partial charge in [-0.1, -0.05) is 0 Å². The Hall–Kier alpha value is -0.590. The molecule has 0 aliphatic heterocycles. The molecule has 4 N–H and O–H groups in total. The monoisotopic (exact) mass is 573 g/mol. The number of aliphatic hydroxyl groups excluding tert-OH is 2. The average Bonchev–Trinajstić information content (AvgIpc) is 2.61. The van der Waals surface area contributed by atoms with Gasteiger partial charge in [0.15, 0.2) is 0 Å².